The van der Waals surface area contributed by atoms with Crippen LogP contribution >= 0.6 is 27.5 Å². The minimum Gasteiger partial charge on any atom is -0.451 e. The van der Waals surface area contributed by atoms with Gasteiger partial charge in [0.15, 0.2) is 12.0 Å². The molecule has 0 radical (unpaired) electrons. The van der Waals surface area contributed by atoms with E-state index < -0.39 is 0 Å². The van der Waals surface area contributed by atoms with Crippen LogP contribution < -0.4 is 10.6 Å². The maximum absolute atomic E-state index is 12.3. The van der Waals surface area contributed by atoms with Gasteiger partial charge in [-0.1, -0.05) is 33.6 Å². The van der Waals surface area contributed by atoms with Gasteiger partial charge in [0.2, 0.25) is 5.91 Å². The summed E-state index contributed by atoms with van der Waals surface area (Å²) in [5, 5.41) is 7.11. The van der Waals surface area contributed by atoms with Crippen molar-refractivity contribution in [2.24, 2.45) is 4.99 Å². The number of nitrogens with one attached hydrogen (secondary N) is 2. The van der Waals surface area contributed by atoms with E-state index in [1.165, 1.54) is 0 Å². The SMILES string of the molecule is CN=C(Nc1c(C=O)oc2ccc(Br)cc12)c1ccc(NC(=O)Cc2cccnc2)cc1Cl. The first-order valence-corrected chi connectivity index (χ1v) is 11.1. The van der Waals surface area contributed by atoms with Gasteiger partial charge in [-0.2, -0.15) is 0 Å². The first-order valence-electron chi connectivity index (χ1n) is 9.88. The lowest BCUT2D eigenvalue weighted by atomic mass is 10.1. The van der Waals surface area contributed by atoms with E-state index in [-0.39, 0.29) is 18.1 Å². The number of anilines is 2. The zero-order valence-corrected chi connectivity index (χ0v) is 19.8. The predicted octanol–water partition coefficient (Wildman–Crippen LogP) is 5.73. The number of hydrogen-bond acceptors (Lipinski definition) is 5. The van der Waals surface area contributed by atoms with Crippen LogP contribution in [0.25, 0.3) is 11.0 Å². The third kappa shape index (κ3) is 5.13. The molecule has 0 unspecified atom stereocenters. The maximum atomic E-state index is 12.3. The molecular formula is C24H18BrClN4O3. The standard InChI is InChI=1S/C24H18BrClN4O3/c1-27-24(30-23-18-10-15(25)4-7-20(18)33-21(23)13-31)17-6-5-16(11-19(17)26)29-22(32)9-14-3-2-8-28-12-14/h2-8,10-13H,9H2,1H3,(H,27,30)(H,29,32). The molecule has 1 amide bonds. The molecule has 0 saturated heterocycles. The van der Waals surface area contributed by atoms with Gasteiger partial charge in [0.05, 0.1) is 17.1 Å². The van der Waals surface area contributed by atoms with E-state index in [1.54, 1.807) is 49.8 Å². The summed E-state index contributed by atoms with van der Waals surface area (Å²) in [6.45, 7) is 0. The van der Waals surface area contributed by atoms with Crippen LogP contribution in [0.2, 0.25) is 5.02 Å². The van der Waals surface area contributed by atoms with Crippen molar-refractivity contribution in [3.05, 3.63) is 87.3 Å². The van der Waals surface area contributed by atoms with Crippen LogP contribution in [0, 0.1) is 0 Å². The zero-order chi connectivity index (χ0) is 23.4. The molecule has 0 bridgehead atoms. The van der Waals surface area contributed by atoms with E-state index in [9.17, 15) is 9.59 Å². The molecule has 7 nitrogen and oxygen atoms in total. The number of halogens is 2. The molecule has 9 heteroatoms. The Hall–Kier alpha value is -3.49. The molecule has 0 aliphatic rings. The van der Waals surface area contributed by atoms with Crippen molar-refractivity contribution in [1.29, 1.82) is 0 Å². The number of amides is 1. The Labute approximate surface area is 203 Å². The predicted molar refractivity (Wildman–Crippen MR) is 133 cm³/mol. The summed E-state index contributed by atoms with van der Waals surface area (Å²) in [5.41, 5.74) is 3.03. The lowest BCUT2D eigenvalue weighted by Crippen LogP contribution is -2.16. The van der Waals surface area contributed by atoms with Crippen molar-refractivity contribution >= 4 is 67.9 Å². The lowest BCUT2D eigenvalue weighted by Gasteiger charge is -2.13. The second-order valence-corrected chi connectivity index (χ2v) is 8.40. The quantitative estimate of drug-likeness (QED) is 0.190. The Morgan fingerprint density at radius 1 is 1.21 bits per heavy atom. The summed E-state index contributed by atoms with van der Waals surface area (Å²) in [4.78, 5) is 32.2. The number of pyridine rings is 1. The fraction of sp³-hybridized carbons (Fsp3) is 0.0833. The molecule has 0 spiro atoms. The maximum Gasteiger partial charge on any atom is 0.228 e. The Kier molecular flexibility index (Phi) is 6.86. The summed E-state index contributed by atoms with van der Waals surface area (Å²) in [5.74, 6) is 0.416. The van der Waals surface area contributed by atoms with Crippen molar-refractivity contribution in [1.82, 2.24) is 4.98 Å². The third-order valence-electron chi connectivity index (χ3n) is 4.85. The minimum atomic E-state index is -0.180. The summed E-state index contributed by atoms with van der Waals surface area (Å²) in [6.07, 6.45) is 4.15. The number of hydrogen-bond donors (Lipinski definition) is 2. The lowest BCUT2D eigenvalue weighted by molar-refractivity contribution is -0.115. The zero-order valence-electron chi connectivity index (χ0n) is 17.4. The molecule has 0 saturated carbocycles. The number of furan rings is 1. The Morgan fingerprint density at radius 3 is 2.76 bits per heavy atom. The number of fused-ring (bicyclic) bond motifs is 1. The van der Waals surface area contributed by atoms with E-state index in [0.29, 0.717) is 39.7 Å². The van der Waals surface area contributed by atoms with Crippen molar-refractivity contribution in [2.75, 3.05) is 17.7 Å². The van der Waals surface area contributed by atoms with E-state index >= 15 is 0 Å². The fourth-order valence-corrected chi connectivity index (χ4v) is 3.97. The Balaban J connectivity index is 1.56. The molecule has 166 valence electrons. The van der Waals surface area contributed by atoms with Gasteiger partial charge >= 0.3 is 0 Å². The highest BCUT2D eigenvalue weighted by Gasteiger charge is 2.18. The number of rotatable bonds is 6. The highest BCUT2D eigenvalue weighted by molar-refractivity contribution is 9.10. The second-order valence-electron chi connectivity index (χ2n) is 7.08. The molecule has 2 heterocycles. The monoisotopic (exact) mass is 524 g/mol. The van der Waals surface area contributed by atoms with Gasteiger partial charge in [0, 0.05) is 40.6 Å². The largest absolute Gasteiger partial charge is 0.451 e. The van der Waals surface area contributed by atoms with Crippen LogP contribution in [0.1, 0.15) is 21.7 Å². The Bertz CT molecular complexity index is 1370. The number of nitrogens with zero attached hydrogens (tertiary/aromatic N) is 2. The van der Waals surface area contributed by atoms with Gasteiger partial charge in [-0.3, -0.25) is 19.6 Å². The molecule has 0 aliphatic heterocycles. The highest BCUT2D eigenvalue weighted by Crippen LogP contribution is 2.33. The number of aliphatic imine (C=N–C) groups is 1. The van der Waals surface area contributed by atoms with E-state index in [2.05, 4.69) is 36.5 Å². The second kappa shape index (κ2) is 9.97. The highest BCUT2D eigenvalue weighted by atomic mass is 79.9. The normalized spacial score (nSPS) is 11.4. The molecule has 2 aromatic heterocycles. The van der Waals surface area contributed by atoms with E-state index in [0.717, 1.165) is 15.4 Å². The molecular weight excluding hydrogens is 508 g/mol. The minimum absolute atomic E-state index is 0.152. The molecule has 2 aromatic carbocycles. The molecule has 0 atom stereocenters. The van der Waals surface area contributed by atoms with Crippen molar-refractivity contribution in [3.8, 4) is 0 Å². The summed E-state index contributed by atoms with van der Waals surface area (Å²) in [6, 6.07) is 14.2. The van der Waals surface area contributed by atoms with Gasteiger partial charge in [0.1, 0.15) is 11.4 Å². The van der Waals surface area contributed by atoms with Crippen LogP contribution in [-0.4, -0.2) is 30.1 Å². The smallest absolute Gasteiger partial charge is 0.228 e. The molecule has 4 aromatic rings. The number of benzene rings is 2. The van der Waals surface area contributed by atoms with E-state index in [4.69, 9.17) is 16.0 Å². The average molecular weight is 526 g/mol. The fourth-order valence-electron chi connectivity index (χ4n) is 3.34. The van der Waals surface area contributed by atoms with Crippen LogP contribution in [0.15, 0.2) is 74.8 Å². The van der Waals surface area contributed by atoms with Crippen molar-refractivity contribution in [3.63, 3.8) is 0 Å². The van der Waals surface area contributed by atoms with Gasteiger partial charge in [-0.05, 0) is 48.0 Å². The number of carbonyl (C=O) groups excluding carboxylic acids is 2. The van der Waals surface area contributed by atoms with Crippen molar-refractivity contribution in [2.45, 2.75) is 6.42 Å². The first-order chi connectivity index (χ1) is 16.0. The number of aromatic nitrogens is 1. The number of amidine groups is 1. The third-order valence-corrected chi connectivity index (χ3v) is 5.65. The molecule has 4 rings (SSSR count). The van der Waals surface area contributed by atoms with Crippen LogP contribution in [-0.2, 0) is 11.2 Å². The molecule has 33 heavy (non-hydrogen) atoms. The summed E-state index contributed by atoms with van der Waals surface area (Å²) in [7, 11) is 1.61. The first kappa shape index (κ1) is 22.7. The van der Waals surface area contributed by atoms with Crippen LogP contribution in [0.4, 0.5) is 11.4 Å². The molecule has 2 N–H and O–H groups in total. The van der Waals surface area contributed by atoms with Crippen LogP contribution in [0.5, 0.6) is 0 Å². The Morgan fingerprint density at radius 2 is 2.06 bits per heavy atom. The van der Waals surface area contributed by atoms with E-state index in [1.807, 2.05) is 18.2 Å². The summed E-state index contributed by atoms with van der Waals surface area (Å²) < 4.78 is 6.48. The summed E-state index contributed by atoms with van der Waals surface area (Å²) >= 11 is 9.96. The molecule has 0 aliphatic carbocycles. The van der Waals surface area contributed by atoms with Crippen molar-refractivity contribution < 1.29 is 14.0 Å². The number of aldehydes is 1. The van der Waals surface area contributed by atoms with Gasteiger partial charge in [-0.25, -0.2) is 0 Å². The number of carbonyl (C=O) groups is 2. The van der Waals surface area contributed by atoms with Crippen LogP contribution in [0.3, 0.4) is 0 Å². The van der Waals surface area contributed by atoms with Gasteiger partial charge in [-0.15, -0.1) is 0 Å². The van der Waals surface area contributed by atoms with Gasteiger partial charge < -0.3 is 15.1 Å². The molecule has 0 fully saturated rings. The van der Waals surface area contributed by atoms with Gasteiger partial charge in [0.25, 0.3) is 0 Å². The topological polar surface area (TPSA) is 96.6 Å². The average Bonchev–Trinajstić information content (AvgIpc) is 3.15.